The van der Waals surface area contributed by atoms with Gasteiger partial charge in [-0.25, -0.2) is 0 Å². The summed E-state index contributed by atoms with van der Waals surface area (Å²) in [5.74, 6) is 2.01. The van der Waals surface area contributed by atoms with E-state index in [0.717, 1.165) is 31.1 Å². The lowest BCUT2D eigenvalue weighted by Crippen LogP contribution is -2.26. The van der Waals surface area contributed by atoms with Gasteiger partial charge in [0.1, 0.15) is 0 Å². The zero-order valence-electron chi connectivity index (χ0n) is 11.6. The quantitative estimate of drug-likeness (QED) is 0.882. The van der Waals surface area contributed by atoms with Crippen molar-refractivity contribution in [2.24, 2.45) is 5.92 Å². The number of rotatable bonds is 5. The summed E-state index contributed by atoms with van der Waals surface area (Å²) in [4.78, 5) is 10.7. The van der Waals surface area contributed by atoms with Crippen molar-refractivity contribution in [1.82, 2.24) is 25.3 Å². The van der Waals surface area contributed by atoms with E-state index in [4.69, 9.17) is 4.52 Å². The molecule has 2 aromatic rings. The van der Waals surface area contributed by atoms with E-state index in [-0.39, 0.29) is 0 Å². The van der Waals surface area contributed by atoms with Gasteiger partial charge in [0.15, 0.2) is 0 Å². The Morgan fingerprint density at radius 2 is 2.25 bits per heavy atom. The van der Waals surface area contributed by atoms with Crippen LogP contribution in [0.4, 0.5) is 0 Å². The largest absolute Gasteiger partial charge is 0.338 e. The minimum absolute atomic E-state index is 0.623. The molecule has 0 saturated carbocycles. The minimum Gasteiger partial charge on any atom is -0.338 e. The predicted octanol–water partition coefficient (Wildman–Crippen LogP) is 1.17. The van der Waals surface area contributed by atoms with E-state index < -0.39 is 0 Å². The number of hydrogen-bond donors (Lipinski definition) is 1. The number of nitrogens with zero attached hydrogens (tertiary/aromatic N) is 4. The normalized spacial score (nSPS) is 18.8. The fourth-order valence-electron chi connectivity index (χ4n) is 2.54. The fourth-order valence-corrected chi connectivity index (χ4v) is 2.54. The molecule has 1 saturated heterocycles. The Morgan fingerprint density at radius 1 is 1.40 bits per heavy atom. The van der Waals surface area contributed by atoms with Gasteiger partial charge >= 0.3 is 0 Å². The fraction of sp³-hybridized carbons (Fsp3) is 0.500. The Balaban J connectivity index is 1.59. The first-order chi connectivity index (χ1) is 9.81. The first-order valence-corrected chi connectivity index (χ1v) is 6.93. The van der Waals surface area contributed by atoms with Crippen molar-refractivity contribution in [1.29, 1.82) is 0 Å². The van der Waals surface area contributed by atoms with Crippen LogP contribution in [0.25, 0.3) is 11.4 Å². The van der Waals surface area contributed by atoms with Gasteiger partial charge in [-0.15, -0.1) is 0 Å². The molecule has 106 valence electrons. The molecule has 0 radical (unpaired) electrons. The summed E-state index contributed by atoms with van der Waals surface area (Å²) in [5.41, 5.74) is 0.928. The van der Waals surface area contributed by atoms with Crippen LogP contribution in [0.15, 0.2) is 29.0 Å². The molecule has 1 aliphatic rings. The van der Waals surface area contributed by atoms with Crippen molar-refractivity contribution < 1.29 is 4.52 Å². The molecule has 0 aliphatic carbocycles. The molecule has 1 N–H and O–H groups in total. The SMILES string of the molecule is CN(Cc1nc(-c2ccncc2)no1)C[C@H]1CCNC1. The number of aromatic nitrogens is 3. The van der Waals surface area contributed by atoms with E-state index in [0.29, 0.717) is 18.3 Å². The first-order valence-electron chi connectivity index (χ1n) is 6.93. The highest BCUT2D eigenvalue weighted by atomic mass is 16.5. The molecule has 3 heterocycles. The second-order valence-electron chi connectivity index (χ2n) is 5.30. The van der Waals surface area contributed by atoms with Crippen molar-refractivity contribution >= 4 is 0 Å². The van der Waals surface area contributed by atoms with Gasteiger partial charge in [-0.3, -0.25) is 9.88 Å². The maximum absolute atomic E-state index is 5.32. The standard InChI is InChI=1S/C14H19N5O/c1-19(9-11-2-5-16-8-11)10-13-17-14(18-20-13)12-3-6-15-7-4-12/h3-4,6-7,11,16H,2,5,8-10H2,1H3/t11-/m0/s1. The average Bonchev–Trinajstić information content (AvgIpc) is 3.11. The van der Waals surface area contributed by atoms with Gasteiger partial charge in [-0.05, 0) is 44.6 Å². The third-order valence-corrected chi connectivity index (χ3v) is 3.54. The molecule has 6 heteroatoms. The van der Waals surface area contributed by atoms with Crippen LogP contribution >= 0.6 is 0 Å². The lowest BCUT2D eigenvalue weighted by Gasteiger charge is -2.18. The summed E-state index contributed by atoms with van der Waals surface area (Å²) in [6, 6.07) is 3.76. The molecular formula is C14H19N5O. The van der Waals surface area contributed by atoms with Gasteiger partial charge in [0.25, 0.3) is 0 Å². The van der Waals surface area contributed by atoms with Crippen LogP contribution in [-0.2, 0) is 6.54 Å². The van der Waals surface area contributed by atoms with E-state index in [1.165, 1.54) is 6.42 Å². The van der Waals surface area contributed by atoms with Gasteiger partial charge in [-0.1, -0.05) is 5.16 Å². The minimum atomic E-state index is 0.623. The molecule has 0 spiro atoms. The van der Waals surface area contributed by atoms with Crippen LogP contribution in [-0.4, -0.2) is 46.7 Å². The van der Waals surface area contributed by atoms with E-state index in [1.54, 1.807) is 12.4 Å². The van der Waals surface area contributed by atoms with Crippen molar-refractivity contribution in [3.8, 4) is 11.4 Å². The molecule has 1 atom stereocenters. The Morgan fingerprint density at radius 3 is 3.00 bits per heavy atom. The highest BCUT2D eigenvalue weighted by Crippen LogP contribution is 2.15. The van der Waals surface area contributed by atoms with E-state index in [9.17, 15) is 0 Å². The zero-order valence-corrected chi connectivity index (χ0v) is 11.6. The lowest BCUT2D eigenvalue weighted by molar-refractivity contribution is 0.239. The highest BCUT2D eigenvalue weighted by Gasteiger charge is 2.18. The maximum atomic E-state index is 5.32. The Hall–Kier alpha value is -1.79. The summed E-state index contributed by atoms with van der Waals surface area (Å²) >= 11 is 0. The maximum Gasteiger partial charge on any atom is 0.241 e. The van der Waals surface area contributed by atoms with E-state index >= 15 is 0 Å². The molecule has 0 amide bonds. The predicted molar refractivity (Wildman–Crippen MR) is 74.8 cm³/mol. The molecule has 1 aliphatic heterocycles. The summed E-state index contributed by atoms with van der Waals surface area (Å²) in [6.07, 6.45) is 4.70. The number of nitrogens with one attached hydrogen (secondary N) is 1. The third kappa shape index (κ3) is 3.20. The van der Waals surface area contributed by atoms with Gasteiger partial charge in [0.05, 0.1) is 6.54 Å². The second-order valence-corrected chi connectivity index (χ2v) is 5.30. The molecular weight excluding hydrogens is 254 g/mol. The molecule has 1 fully saturated rings. The van der Waals surface area contributed by atoms with Gasteiger partial charge in [0, 0.05) is 24.5 Å². The Kier molecular flexibility index (Phi) is 4.03. The summed E-state index contributed by atoms with van der Waals surface area (Å²) in [7, 11) is 2.09. The third-order valence-electron chi connectivity index (χ3n) is 3.54. The molecule has 0 unspecified atom stereocenters. The van der Waals surface area contributed by atoms with Crippen LogP contribution < -0.4 is 5.32 Å². The molecule has 20 heavy (non-hydrogen) atoms. The van der Waals surface area contributed by atoms with E-state index in [1.807, 2.05) is 12.1 Å². The van der Waals surface area contributed by atoms with Crippen LogP contribution in [0.5, 0.6) is 0 Å². The number of hydrogen-bond acceptors (Lipinski definition) is 6. The van der Waals surface area contributed by atoms with E-state index in [2.05, 4.69) is 32.4 Å². The summed E-state index contributed by atoms with van der Waals surface area (Å²) < 4.78 is 5.32. The zero-order chi connectivity index (χ0) is 13.8. The molecule has 0 bridgehead atoms. The van der Waals surface area contributed by atoms with Crippen LogP contribution in [0, 0.1) is 5.92 Å². The summed E-state index contributed by atoms with van der Waals surface area (Å²) in [5, 5.41) is 7.40. The van der Waals surface area contributed by atoms with Crippen LogP contribution in [0.1, 0.15) is 12.3 Å². The monoisotopic (exact) mass is 273 g/mol. The topological polar surface area (TPSA) is 67.1 Å². The van der Waals surface area contributed by atoms with Crippen molar-refractivity contribution in [2.45, 2.75) is 13.0 Å². The van der Waals surface area contributed by atoms with Crippen molar-refractivity contribution in [3.63, 3.8) is 0 Å². The van der Waals surface area contributed by atoms with Gasteiger partial charge in [-0.2, -0.15) is 4.98 Å². The highest BCUT2D eigenvalue weighted by molar-refractivity contribution is 5.52. The molecule has 0 aromatic carbocycles. The van der Waals surface area contributed by atoms with Crippen LogP contribution in [0.2, 0.25) is 0 Å². The summed E-state index contributed by atoms with van der Waals surface area (Å²) in [6.45, 7) is 3.98. The molecule has 2 aromatic heterocycles. The average molecular weight is 273 g/mol. The van der Waals surface area contributed by atoms with Crippen LogP contribution in [0.3, 0.4) is 0 Å². The first kappa shape index (κ1) is 13.2. The second kappa shape index (κ2) is 6.11. The lowest BCUT2D eigenvalue weighted by atomic mass is 10.1. The molecule has 3 rings (SSSR count). The van der Waals surface area contributed by atoms with Gasteiger partial charge in [0.2, 0.25) is 11.7 Å². The smallest absolute Gasteiger partial charge is 0.241 e. The van der Waals surface area contributed by atoms with Crippen molar-refractivity contribution in [3.05, 3.63) is 30.4 Å². The molecule has 6 nitrogen and oxygen atoms in total. The Labute approximate surface area is 118 Å². The number of pyridine rings is 1. The van der Waals surface area contributed by atoms with Crippen molar-refractivity contribution in [2.75, 3.05) is 26.7 Å². The Bertz CT molecular complexity index is 536. The van der Waals surface area contributed by atoms with Gasteiger partial charge < -0.3 is 9.84 Å².